The maximum atomic E-state index is 14.1. The summed E-state index contributed by atoms with van der Waals surface area (Å²) in [5, 5.41) is 0. The number of primary amides is 1. The number of carbonyl (C=O) groups is 3. The summed E-state index contributed by atoms with van der Waals surface area (Å²) in [4.78, 5) is 44.8. The summed E-state index contributed by atoms with van der Waals surface area (Å²) < 4.78 is 12.4. The molecule has 0 aromatic heterocycles. The van der Waals surface area contributed by atoms with Crippen LogP contribution in [0.2, 0.25) is 0 Å². The van der Waals surface area contributed by atoms with E-state index in [4.69, 9.17) is 15.2 Å². The second kappa shape index (κ2) is 13.4. The summed E-state index contributed by atoms with van der Waals surface area (Å²) in [5.74, 6) is 0.529. The number of nitrogens with two attached hydrogens (primary N) is 1. The number of benzene rings is 1. The molecule has 1 spiro atoms. The van der Waals surface area contributed by atoms with E-state index in [1.54, 1.807) is 0 Å². The van der Waals surface area contributed by atoms with E-state index in [0.29, 0.717) is 71.7 Å². The Kier molecular flexibility index (Phi) is 10.0. The molecule has 0 saturated carbocycles. The predicted octanol–water partition coefficient (Wildman–Crippen LogP) is 2.22. The van der Waals surface area contributed by atoms with Gasteiger partial charge in [-0.05, 0) is 69.7 Å². The lowest BCUT2D eigenvalue weighted by atomic mass is 9.90. The first-order valence-electron chi connectivity index (χ1n) is 14.4. The summed E-state index contributed by atoms with van der Waals surface area (Å²) in [5.41, 5.74) is 5.62. The first-order valence-corrected chi connectivity index (χ1v) is 14.4. The van der Waals surface area contributed by atoms with Gasteiger partial charge in [0.2, 0.25) is 11.8 Å². The molecule has 38 heavy (non-hydrogen) atoms. The molecule has 0 aliphatic carbocycles. The number of para-hydroxylation sites is 1. The topological polar surface area (TPSA) is 105 Å². The number of carbonyl (C=O) groups excluding carboxylic acids is 3. The lowest BCUT2D eigenvalue weighted by Gasteiger charge is -2.44. The van der Waals surface area contributed by atoms with E-state index in [9.17, 15) is 14.4 Å². The molecule has 3 aliphatic heterocycles. The average molecular weight is 529 g/mol. The van der Waals surface area contributed by atoms with Gasteiger partial charge in [-0.2, -0.15) is 0 Å². The smallest absolute Gasteiger partial charge is 0.256 e. The normalized spacial score (nSPS) is 24.3. The minimum absolute atomic E-state index is 0.0153. The van der Waals surface area contributed by atoms with E-state index in [0.717, 1.165) is 37.9 Å². The number of amides is 3. The van der Waals surface area contributed by atoms with Crippen molar-refractivity contribution in [3.8, 4) is 5.75 Å². The Hall–Kier alpha value is -2.65. The SMILES string of the molecule is CCCCN1CCOc2ccccc2CCCCC2(CN(C(=O)CN3CCC(C(N)=O)CC3)CCO2)C1=O. The molecule has 3 aliphatic rings. The molecule has 3 amide bonds. The van der Waals surface area contributed by atoms with E-state index in [1.807, 2.05) is 28.0 Å². The van der Waals surface area contributed by atoms with Gasteiger partial charge in [-0.1, -0.05) is 31.5 Å². The maximum absolute atomic E-state index is 14.1. The van der Waals surface area contributed by atoms with Crippen molar-refractivity contribution in [2.45, 2.75) is 63.9 Å². The van der Waals surface area contributed by atoms with Crippen molar-refractivity contribution in [1.29, 1.82) is 0 Å². The van der Waals surface area contributed by atoms with E-state index >= 15 is 0 Å². The van der Waals surface area contributed by atoms with Crippen molar-refractivity contribution in [2.24, 2.45) is 11.7 Å². The number of morpholine rings is 1. The van der Waals surface area contributed by atoms with E-state index in [2.05, 4.69) is 17.9 Å². The van der Waals surface area contributed by atoms with Crippen molar-refractivity contribution in [3.05, 3.63) is 29.8 Å². The van der Waals surface area contributed by atoms with Gasteiger partial charge in [0, 0.05) is 19.0 Å². The van der Waals surface area contributed by atoms with Gasteiger partial charge in [-0.15, -0.1) is 0 Å². The van der Waals surface area contributed by atoms with Gasteiger partial charge in [-0.3, -0.25) is 19.3 Å². The monoisotopic (exact) mass is 528 g/mol. The lowest BCUT2D eigenvalue weighted by Crippen LogP contribution is -2.63. The molecule has 0 radical (unpaired) electrons. The van der Waals surface area contributed by atoms with E-state index in [1.165, 1.54) is 5.56 Å². The van der Waals surface area contributed by atoms with Crippen molar-refractivity contribution in [2.75, 3.05) is 59.0 Å². The van der Waals surface area contributed by atoms with Crippen LogP contribution in [-0.2, 0) is 25.5 Å². The molecule has 4 rings (SSSR count). The summed E-state index contributed by atoms with van der Waals surface area (Å²) in [6, 6.07) is 8.14. The van der Waals surface area contributed by atoms with Crippen LogP contribution in [0.5, 0.6) is 5.75 Å². The second-order valence-electron chi connectivity index (χ2n) is 10.9. The minimum atomic E-state index is -1.03. The second-order valence-corrected chi connectivity index (χ2v) is 10.9. The third-order valence-electron chi connectivity index (χ3n) is 8.21. The molecule has 9 heteroatoms. The van der Waals surface area contributed by atoms with Gasteiger partial charge >= 0.3 is 0 Å². The Balaban J connectivity index is 1.46. The molecule has 0 bridgehead atoms. The highest BCUT2D eigenvalue weighted by Crippen LogP contribution is 2.30. The van der Waals surface area contributed by atoms with Gasteiger partial charge in [-0.25, -0.2) is 0 Å². The molecule has 2 fully saturated rings. The van der Waals surface area contributed by atoms with Crippen molar-refractivity contribution < 1.29 is 23.9 Å². The third kappa shape index (κ3) is 7.05. The Morgan fingerprint density at radius 1 is 1.08 bits per heavy atom. The highest BCUT2D eigenvalue weighted by atomic mass is 16.5. The zero-order valence-electron chi connectivity index (χ0n) is 22.9. The van der Waals surface area contributed by atoms with Crippen LogP contribution in [-0.4, -0.2) is 97.0 Å². The molecule has 1 aromatic rings. The van der Waals surface area contributed by atoms with Crippen LogP contribution in [0.25, 0.3) is 0 Å². The van der Waals surface area contributed by atoms with Crippen LogP contribution >= 0.6 is 0 Å². The van der Waals surface area contributed by atoms with Crippen molar-refractivity contribution >= 4 is 17.7 Å². The van der Waals surface area contributed by atoms with Crippen molar-refractivity contribution in [3.63, 3.8) is 0 Å². The summed E-state index contributed by atoms with van der Waals surface area (Å²) in [6.07, 6.45) is 6.47. The summed E-state index contributed by atoms with van der Waals surface area (Å²) in [7, 11) is 0. The molecular formula is C29H44N4O5. The molecule has 2 N–H and O–H groups in total. The molecule has 1 unspecified atom stereocenters. The number of likely N-dealkylation sites (tertiary alicyclic amines) is 1. The molecule has 9 nitrogen and oxygen atoms in total. The average Bonchev–Trinajstić information content (AvgIpc) is 2.93. The van der Waals surface area contributed by atoms with Crippen LogP contribution < -0.4 is 10.5 Å². The minimum Gasteiger partial charge on any atom is -0.491 e. The molecule has 2 saturated heterocycles. The fourth-order valence-corrected chi connectivity index (χ4v) is 5.85. The van der Waals surface area contributed by atoms with Crippen LogP contribution in [0.4, 0.5) is 0 Å². The predicted molar refractivity (Wildman–Crippen MR) is 145 cm³/mol. The number of fused-ring (bicyclic) bond motifs is 1. The number of nitrogens with zero attached hydrogens (tertiary/aromatic N) is 3. The number of aryl methyl sites for hydroxylation is 1. The molecule has 1 aromatic carbocycles. The standard InChI is InChI=1S/C29H44N4O5/c1-2-3-14-32-17-19-37-25-10-5-4-8-23(25)9-6-7-13-29(28(32)36)22-33(18-20-38-29)26(34)21-31-15-11-24(12-16-31)27(30)35/h4-5,8,10,24H,2-3,6-7,9,11-22H2,1H3,(H2,30,35). The fraction of sp³-hybridized carbons (Fsp3) is 0.690. The van der Waals surface area contributed by atoms with Gasteiger partial charge < -0.3 is 25.0 Å². The largest absolute Gasteiger partial charge is 0.491 e. The van der Waals surface area contributed by atoms with Crippen molar-refractivity contribution in [1.82, 2.24) is 14.7 Å². The first kappa shape index (κ1) is 28.4. The Morgan fingerprint density at radius 2 is 1.87 bits per heavy atom. The molecular weight excluding hydrogens is 484 g/mol. The Labute approximate surface area is 226 Å². The van der Waals surface area contributed by atoms with Crippen LogP contribution in [0, 0.1) is 5.92 Å². The van der Waals surface area contributed by atoms with Crippen LogP contribution in [0.1, 0.15) is 57.4 Å². The van der Waals surface area contributed by atoms with E-state index < -0.39 is 5.60 Å². The van der Waals surface area contributed by atoms with Crippen LogP contribution in [0.3, 0.4) is 0 Å². The lowest BCUT2D eigenvalue weighted by molar-refractivity contribution is -0.177. The Bertz CT molecular complexity index is 964. The fourth-order valence-electron chi connectivity index (χ4n) is 5.85. The maximum Gasteiger partial charge on any atom is 0.256 e. The number of piperidine rings is 1. The number of rotatable bonds is 6. The molecule has 210 valence electrons. The van der Waals surface area contributed by atoms with Crippen LogP contribution in [0.15, 0.2) is 24.3 Å². The van der Waals surface area contributed by atoms with Gasteiger partial charge in [0.15, 0.2) is 5.60 Å². The zero-order valence-corrected chi connectivity index (χ0v) is 22.9. The Morgan fingerprint density at radius 3 is 2.63 bits per heavy atom. The van der Waals surface area contributed by atoms with E-state index in [-0.39, 0.29) is 30.2 Å². The highest BCUT2D eigenvalue weighted by Gasteiger charge is 2.46. The van der Waals surface area contributed by atoms with Gasteiger partial charge in [0.25, 0.3) is 5.91 Å². The molecule has 3 heterocycles. The number of ether oxygens (including phenoxy) is 2. The zero-order chi connectivity index (χ0) is 27.0. The first-order chi connectivity index (χ1) is 18.4. The molecule has 1 atom stereocenters. The number of hydrogen-bond acceptors (Lipinski definition) is 6. The number of unbranched alkanes of at least 4 members (excludes halogenated alkanes) is 1. The highest BCUT2D eigenvalue weighted by molar-refractivity contribution is 5.87. The third-order valence-corrected chi connectivity index (χ3v) is 8.21. The van der Waals surface area contributed by atoms with Gasteiger partial charge in [0.1, 0.15) is 12.4 Å². The summed E-state index contributed by atoms with van der Waals surface area (Å²) in [6.45, 7) is 6.44. The summed E-state index contributed by atoms with van der Waals surface area (Å²) >= 11 is 0. The van der Waals surface area contributed by atoms with Gasteiger partial charge in [0.05, 0.1) is 26.2 Å². The quantitative estimate of drug-likeness (QED) is 0.607. The number of hydrogen-bond donors (Lipinski definition) is 1.